The minimum absolute atomic E-state index is 0.615. The molecule has 0 amide bonds. The molecule has 0 spiro atoms. The highest BCUT2D eigenvalue weighted by molar-refractivity contribution is 4.92. The largest absolute Gasteiger partial charge is 0.0882 e. The first-order chi connectivity index (χ1) is 8.77. The Morgan fingerprint density at radius 1 is 0.833 bits per heavy atom. The second-order valence-electron chi connectivity index (χ2n) is 5.42. The molecule has 0 bridgehead atoms. The third kappa shape index (κ3) is 15.5. The Kier molecular flexibility index (Phi) is 14.1. The average Bonchev–Trinajstić information content (AvgIpc) is 2.34. The first-order valence-electron chi connectivity index (χ1n) is 7.90. The molecule has 0 aromatic heterocycles. The molecule has 1 atom stereocenters. The smallest absolute Gasteiger partial charge is 0.0169 e. The molecule has 0 aliphatic heterocycles. The van der Waals surface area contributed by atoms with E-state index in [4.69, 9.17) is 0 Å². The van der Waals surface area contributed by atoms with E-state index in [9.17, 15) is 0 Å². The van der Waals surface area contributed by atoms with E-state index >= 15 is 0 Å². The molecule has 0 fully saturated rings. The summed E-state index contributed by atoms with van der Waals surface area (Å²) in [4.78, 5) is 0. The van der Waals surface area contributed by atoms with Gasteiger partial charge in [-0.2, -0.15) is 0 Å². The summed E-state index contributed by atoms with van der Waals surface area (Å²) in [7, 11) is 0. The standard InChI is InChI=1S/C18H33/c1-4-5-6-7-8-9-10-11-12-13-14-15-16-17-18(2)3/h9-10,12-13,18H,2,4-8,11,14-17H2,1,3H3. The summed E-state index contributed by atoms with van der Waals surface area (Å²) in [5.74, 6) is 0.615. The van der Waals surface area contributed by atoms with Gasteiger partial charge in [-0.1, -0.05) is 77.2 Å². The van der Waals surface area contributed by atoms with Gasteiger partial charge in [0, 0.05) is 0 Å². The molecule has 0 nitrogen and oxygen atoms in total. The fourth-order valence-corrected chi connectivity index (χ4v) is 1.95. The lowest BCUT2D eigenvalue weighted by Gasteiger charge is -2.01. The van der Waals surface area contributed by atoms with Crippen LogP contribution in [0.3, 0.4) is 0 Å². The number of rotatable bonds is 12. The number of unbranched alkanes of at least 4 members (excludes halogenated alkanes) is 6. The van der Waals surface area contributed by atoms with Crippen LogP contribution in [-0.2, 0) is 0 Å². The van der Waals surface area contributed by atoms with E-state index in [0.717, 1.165) is 6.42 Å². The Labute approximate surface area is 116 Å². The van der Waals surface area contributed by atoms with Crippen LogP contribution in [0.4, 0.5) is 0 Å². The highest BCUT2D eigenvalue weighted by Gasteiger charge is 1.92. The highest BCUT2D eigenvalue weighted by atomic mass is 14.0. The average molecular weight is 249 g/mol. The zero-order chi connectivity index (χ0) is 13.5. The number of hydrogen-bond donors (Lipinski definition) is 0. The van der Waals surface area contributed by atoms with Crippen molar-refractivity contribution >= 4 is 0 Å². The molecule has 0 N–H and O–H groups in total. The molecule has 0 aliphatic carbocycles. The van der Waals surface area contributed by atoms with Crippen molar-refractivity contribution in [1.82, 2.24) is 0 Å². The minimum Gasteiger partial charge on any atom is -0.0882 e. The quantitative estimate of drug-likeness (QED) is 0.274. The first-order valence-corrected chi connectivity index (χ1v) is 7.90. The van der Waals surface area contributed by atoms with Gasteiger partial charge in [0.15, 0.2) is 0 Å². The molecule has 0 aliphatic rings. The maximum absolute atomic E-state index is 4.01. The van der Waals surface area contributed by atoms with Gasteiger partial charge in [-0.05, 0) is 38.0 Å². The van der Waals surface area contributed by atoms with E-state index in [-0.39, 0.29) is 0 Å². The summed E-state index contributed by atoms with van der Waals surface area (Å²) in [6, 6.07) is 0. The number of hydrogen-bond acceptors (Lipinski definition) is 0. The van der Waals surface area contributed by atoms with Crippen molar-refractivity contribution in [2.75, 3.05) is 0 Å². The van der Waals surface area contributed by atoms with Crippen LogP contribution in [0, 0.1) is 12.8 Å². The van der Waals surface area contributed by atoms with Crippen molar-refractivity contribution in [1.29, 1.82) is 0 Å². The SMILES string of the molecule is [CH2]C(C)CCCCC=CCC=CCCCCCC. The highest BCUT2D eigenvalue weighted by Crippen LogP contribution is 2.08. The van der Waals surface area contributed by atoms with E-state index in [0.29, 0.717) is 5.92 Å². The summed E-state index contributed by atoms with van der Waals surface area (Å²) in [6.45, 7) is 8.46. The van der Waals surface area contributed by atoms with Crippen molar-refractivity contribution in [3.05, 3.63) is 31.2 Å². The molecule has 18 heavy (non-hydrogen) atoms. The topological polar surface area (TPSA) is 0 Å². The first kappa shape index (κ1) is 17.5. The molecule has 0 aromatic rings. The normalized spacial score (nSPS) is 12.2. The summed E-state index contributed by atoms with van der Waals surface area (Å²) in [6.07, 6.45) is 22.3. The molecule has 0 saturated carbocycles. The third-order valence-electron chi connectivity index (χ3n) is 3.15. The zero-order valence-electron chi connectivity index (χ0n) is 12.7. The summed E-state index contributed by atoms with van der Waals surface area (Å²) < 4.78 is 0. The van der Waals surface area contributed by atoms with Crippen molar-refractivity contribution in [2.45, 2.75) is 78.1 Å². The van der Waals surface area contributed by atoms with E-state index in [1.165, 1.54) is 57.8 Å². The molecule has 0 aromatic carbocycles. The second-order valence-corrected chi connectivity index (χ2v) is 5.42. The Morgan fingerprint density at radius 2 is 1.44 bits per heavy atom. The van der Waals surface area contributed by atoms with Crippen LogP contribution in [0.2, 0.25) is 0 Å². The third-order valence-corrected chi connectivity index (χ3v) is 3.15. The predicted octanol–water partition coefficient (Wildman–Crippen LogP) is 6.49. The maximum Gasteiger partial charge on any atom is -0.0169 e. The van der Waals surface area contributed by atoms with Crippen LogP contribution in [-0.4, -0.2) is 0 Å². The molecular weight excluding hydrogens is 216 g/mol. The Balaban J connectivity index is 3.19. The molecule has 1 radical (unpaired) electrons. The van der Waals surface area contributed by atoms with Crippen LogP contribution in [0.25, 0.3) is 0 Å². The lowest BCUT2D eigenvalue weighted by atomic mass is 10.1. The fourth-order valence-electron chi connectivity index (χ4n) is 1.95. The van der Waals surface area contributed by atoms with Gasteiger partial charge >= 0.3 is 0 Å². The van der Waals surface area contributed by atoms with E-state index in [2.05, 4.69) is 45.1 Å². The Bertz CT molecular complexity index is 198. The molecular formula is C18H33. The fraction of sp³-hybridized carbons (Fsp3) is 0.722. The number of allylic oxidation sites excluding steroid dienone is 4. The second kappa shape index (κ2) is 14.5. The monoisotopic (exact) mass is 249 g/mol. The van der Waals surface area contributed by atoms with E-state index < -0.39 is 0 Å². The van der Waals surface area contributed by atoms with Gasteiger partial charge in [-0.3, -0.25) is 0 Å². The van der Waals surface area contributed by atoms with Gasteiger partial charge in [0.2, 0.25) is 0 Å². The Hall–Kier alpha value is -0.520. The van der Waals surface area contributed by atoms with Gasteiger partial charge < -0.3 is 0 Å². The predicted molar refractivity (Wildman–Crippen MR) is 84.6 cm³/mol. The van der Waals surface area contributed by atoms with Crippen LogP contribution >= 0.6 is 0 Å². The van der Waals surface area contributed by atoms with Crippen LogP contribution in [0.5, 0.6) is 0 Å². The summed E-state index contributed by atoms with van der Waals surface area (Å²) >= 11 is 0. The molecule has 0 rings (SSSR count). The van der Waals surface area contributed by atoms with Gasteiger partial charge in [0.1, 0.15) is 0 Å². The lowest BCUT2D eigenvalue weighted by molar-refractivity contribution is 0.582. The molecule has 0 heterocycles. The van der Waals surface area contributed by atoms with E-state index in [1.54, 1.807) is 0 Å². The zero-order valence-corrected chi connectivity index (χ0v) is 12.7. The van der Waals surface area contributed by atoms with Crippen molar-refractivity contribution in [3.63, 3.8) is 0 Å². The van der Waals surface area contributed by atoms with Crippen LogP contribution < -0.4 is 0 Å². The molecule has 1 unspecified atom stereocenters. The van der Waals surface area contributed by atoms with Gasteiger partial charge in [-0.15, -0.1) is 0 Å². The van der Waals surface area contributed by atoms with Gasteiger partial charge in [0.25, 0.3) is 0 Å². The minimum atomic E-state index is 0.615. The summed E-state index contributed by atoms with van der Waals surface area (Å²) in [5, 5.41) is 0. The van der Waals surface area contributed by atoms with Crippen molar-refractivity contribution < 1.29 is 0 Å². The van der Waals surface area contributed by atoms with Gasteiger partial charge in [0.05, 0.1) is 0 Å². The van der Waals surface area contributed by atoms with Crippen LogP contribution in [0.15, 0.2) is 24.3 Å². The molecule has 105 valence electrons. The summed E-state index contributed by atoms with van der Waals surface area (Å²) in [5.41, 5.74) is 0. The van der Waals surface area contributed by atoms with Gasteiger partial charge in [-0.25, -0.2) is 0 Å². The Morgan fingerprint density at radius 3 is 2.00 bits per heavy atom. The molecule has 0 heteroatoms. The van der Waals surface area contributed by atoms with Crippen LogP contribution in [0.1, 0.15) is 78.1 Å². The van der Waals surface area contributed by atoms with E-state index in [1.807, 2.05) is 0 Å². The maximum atomic E-state index is 4.01. The lowest BCUT2D eigenvalue weighted by Crippen LogP contribution is -1.86. The van der Waals surface area contributed by atoms with Crippen molar-refractivity contribution in [2.24, 2.45) is 5.92 Å². The van der Waals surface area contributed by atoms with Crippen molar-refractivity contribution in [3.8, 4) is 0 Å². The molecule has 0 saturated heterocycles.